The Morgan fingerprint density at radius 1 is 1.50 bits per heavy atom. The van der Waals surface area contributed by atoms with Crippen molar-refractivity contribution >= 4 is 23.8 Å². The molecule has 1 atom stereocenters. The maximum absolute atomic E-state index is 12.0. The fourth-order valence-corrected chi connectivity index (χ4v) is 2.24. The highest BCUT2D eigenvalue weighted by Crippen LogP contribution is 2.40. The number of amides is 1. The Morgan fingerprint density at radius 2 is 2.17 bits per heavy atom. The smallest absolute Gasteiger partial charge is 0.411 e. The highest BCUT2D eigenvalue weighted by atomic mass is 16.4. The largest absolute Gasteiger partial charge is 0.465 e. The molecular formula is C12H11N3O3. The SMILES string of the molecule is CC1(C(=O)C=[N+]=[N-])CN(C(=O)O)c2ccccc21. The number of fused-ring (bicyclic) bond motifs is 1. The van der Waals surface area contributed by atoms with E-state index in [1.165, 1.54) is 0 Å². The van der Waals surface area contributed by atoms with Crippen LogP contribution in [0.2, 0.25) is 0 Å². The molecule has 0 fully saturated rings. The van der Waals surface area contributed by atoms with Crippen LogP contribution in [0.25, 0.3) is 5.53 Å². The van der Waals surface area contributed by atoms with Gasteiger partial charge in [-0.25, -0.2) is 4.79 Å². The number of para-hydroxylation sites is 1. The summed E-state index contributed by atoms with van der Waals surface area (Å²) >= 11 is 0. The molecule has 92 valence electrons. The van der Waals surface area contributed by atoms with E-state index in [-0.39, 0.29) is 6.54 Å². The number of hydrogen-bond acceptors (Lipinski definition) is 2. The Morgan fingerprint density at radius 3 is 2.78 bits per heavy atom. The van der Waals surface area contributed by atoms with E-state index in [1.54, 1.807) is 31.2 Å². The molecule has 0 saturated heterocycles. The van der Waals surface area contributed by atoms with E-state index in [2.05, 4.69) is 4.79 Å². The third-order valence-corrected chi connectivity index (χ3v) is 3.21. The number of hydrogen-bond donors (Lipinski definition) is 1. The van der Waals surface area contributed by atoms with E-state index in [4.69, 9.17) is 10.6 Å². The van der Waals surface area contributed by atoms with Gasteiger partial charge in [0.25, 0.3) is 0 Å². The Labute approximate surface area is 103 Å². The number of anilines is 1. The zero-order valence-electron chi connectivity index (χ0n) is 9.70. The monoisotopic (exact) mass is 245 g/mol. The summed E-state index contributed by atoms with van der Waals surface area (Å²) in [6, 6.07) is 6.82. The van der Waals surface area contributed by atoms with Crippen LogP contribution in [0.4, 0.5) is 10.5 Å². The summed E-state index contributed by atoms with van der Waals surface area (Å²) < 4.78 is 0. The quantitative estimate of drug-likeness (QED) is 0.483. The predicted octanol–water partition coefficient (Wildman–Crippen LogP) is 1.31. The predicted molar refractivity (Wildman–Crippen MR) is 63.9 cm³/mol. The van der Waals surface area contributed by atoms with Gasteiger partial charge in [-0.2, -0.15) is 4.79 Å². The van der Waals surface area contributed by atoms with E-state index < -0.39 is 17.3 Å². The van der Waals surface area contributed by atoms with Crippen LogP contribution < -0.4 is 4.90 Å². The lowest BCUT2D eigenvalue weighted by Crippen LogP contribution is -2.40. The fourth-order valence-electron chi connectivity index (χ4n) is 2.24. The van der Waals surface area contributed by atoms with Gasteiger partial charge in [0.1, 0.15) is 0 Å². The van der Waals surface area contributed by atoms with Crippen molar-refractivity contribution in [3.63, 3.8) is 0 Å². The Hall–Kier alpha value is -2.46. The lowest BCUT2D eigenvalue weighted by atomic mass is 9.81. The summed E-state index contributed by atoms with van der Waals surface area (Å²) in [6.45, 7) is 1.66. The molecule has 0 bridgehead atoms. The molecule has 6 heteroatoms. The average molecular weight is 245 g/mol. The molecule has 1 N–H and O–H groups in total. The molecule has 1 heterocycles. The highest BCUT2D eigenvalue weighted by Gasteiger charge is 2.47. The van der Waals surface area contributed by atoms with Gasteiger partial charge in [0.15, 0.2) is 0 Å². The second kappa shape index (κ2) is 4.09. The second-order valence-electron chi connectivity index (χ2n) is 4.33. The van der Waals surface area contributed by atoms with Crippen molar-refractivity contribution in [3.05, 3.63) is 35.4 Å². The minimum absolute atomic E-state index is 0.0204. The van der Waals surface area contributed by atoms with Crippen molar-refractivity contribution in [2.75, 3.05) is 11.4 Å². The zero-order chi connectivity index (χ0) is 13.3. The molecule has 6 nitrogen and oxygen atoms in total. The molecule has 0 radical (unpaired) electrons. The summed E-state index contributed by atoms with van der Waals surface area (Å²) in [7, 11) is 0. The number of carbonyl (C=O) groups excluding carboxylic acids is 1. The third kappa shape index (κ3) is 1.59. The fraction of sp³-hybridized carbons (Fsp3) is 0.250. The molecule has 1 aliphatic heterocycles. The summed E-state index contributed by atoms with van der Waals surface area (Å²) in [6.07, 6.45) is -0.304. The summed E-state index contributed by atoms with van der Waals surface area (Å²) in [5, 5.41) is 9.14. The number of carboxylic acid groups (broad SMARTS) is 1. The zero-order valence-corrected chi connectivity index (χ0v) is 9.70. The molecule has 0 aromatic heterocycles. The van der Waals surface area contributed by atoms with E-state index >= 15 is 0 Å². The number of carbonyl (C=O) groups is 2. The van der Waals surface area contributed by atoms with Crippen molar-refractivity contribution in [2.45, 2.75) is 12.3 Å². The first kappa shape index (κ1) is 12.0. The maximum Gasteiger partial charge on any atom is 0.411 e. The van der Waals surface area contributed by atoms with E-state index in [1.807, 2.05) is 0 Å². The highest BCUT2D eigenvalue weighted by molar-refractivity contribution is 6.30. The topological polar surface area (TPSA) is 94.0 Å². The van der Waals surface area contributed by atoms with Gasteiger partial charge in [0.2, 0.25) is 5.78 Å². The van der Waals surface area contributed by atoms with Crippen LogP contribution in [0.1, 0.15) is 12.5 Å². The van der Waals surface area contributed by atoms with Gasteiger partial charge in [0, 0.05) is 6.54 Å². The van der Waals surface area contributed by atoms with Crippen LogP contribution in [0.3, 0.4) is 0 Å². The van der Waals surface area contributed by atoms with Crippen LogP contribution in [0.15, 0.2) is 24.3 Å². The summed E-state index contributed by atoms with van der Waals surface area (Å²) in [5.41, 5.74) is 8.56. The first-order valence-corrected chi connectivity index (χ1v) is 5.32. The summed E-state index contributed by atoms with van der Waals surface area (Å²) in [5.74, 6) is -0.429. The minimum Gasteiger partial charge on any atom is -0.465 e. The number of rotatable bonds is 2. The first-order chi connectivity index (χ1) is 8.50. The van der Waals surface area contributed by atoms with Gasteiger partial charge >= 0.3 is 12.3 Å². The van der Waals surface area contributed by atoms with E-state index in [0.717, 1.165) is 11.1 Å². The normalized spacial score (nSPS) is 21.1. The number of benzene rings is 1. The van der Waals surface area contributed by atoms with E-state index in [0.29, 0.717) is 11.3 Å². The Balaban J connectivity index is 2.58. The van der Waals surface area contributed by atoms with Gasteiger partial charge < -0.3 is 10.6 Å². The molecule has 0 saturated carbocycles. The van der Waals surface area contributed by atoms with E-state index in [9.17, 15) is 9.59 Å². The molecule has 0 spiro atoms. The van der Waals surface area contributed by atoms with Gasteiger partial charge in [-0.3, -0.25) is 9.69 Å². The molecular weight excluding hydrogens is 234 g/mol. The van der Waals surface area contributed by atoms with Gasteiger partial charge in [0.05, 0.1) is 11.1 Å². The molecule has 1 unspecified atom stereocenters. The van der Waals surface area contributed by atoms with Crippen molar-refractivity contribution in [1.82, 2.24) is 0 Å². The molecule has 1 aromatic rings. The Kier molecular flexibility index (Phi) is 2.73. The first-order valence-electron chi connectivity index (χ1n) is 5.32. The lowest BCUT2D eigenvalue weighted by molar-refractivity contribution is -0.120. The van der Waals surface area contributed by atoms with Gasteiger partial charge in [-0.15, -0.1) is 0 Å². The van der Waals surface area contributed by atoms with Crippen molar-refractivity contribution < 1.29 is 19.5 Å². The standard InChI is InChI=1S/C12H11N3O3/c1-12(10(16)6-14-13)7-15(11(17)18)9-5-3-2-4-8(9)12/h2-6H,7H2,1H3,(H,17,18). The number of Topliss-reactive ketones (excluding diaryl/α,β-unsaturated/α-hetero) is 1. The van der Waals surface area contributed by atoms with Crippen molar-refractivity contribution in [3.8, 4) is 0 Å². The van der Waals surface area contributed by atoms with Crippen LogP contribution in [-0.4, -0.2) is 34.5 Å². The molecule has 2 rings (SSSR count). The van der Waals surface area contributed by atoms with Crippen LogP contribution >= 0.6 is 0 Å². The Bertz CT molecular complexity index is 578. The summed E-state index contributed by atoms with van der Waals surface area (Å²) in [4.78, 5) is 27.0. The number of ketones is 1. The molecule has 1 aromatic carbocycles. The van der Waals surface area contributed by atoms with Crippen molar-refractivity contribution in [2.24, 2.45) is 0 Å². The number of nitrogens with zero attached hydrogens (tertiary/aromatic N) is 3. The molecule has 1 amide bonds. The van der Waals surface area contributed by atoms with Crippen LogP contribution in [0.5, 0.6) is 0 Å². The molecule has 0 aliphatic carbocycles. The van der Waals surface area contributed by atoms with Gasteiger partial charge in [-0.05, 0) is 18.6 Å². The lowest BCUT2D eigenvalue weighted by Gasteiger charge is -2.19. The second-order valence-corrected chi connectivity index (χ2v) is 4.33. The third-order valence-electron chi connectivity index (χ3n) is 3.21. The van der Waals surface area contributed by atoms with Gasteiger partial charge in [-0.1, -0.05) is 18.2 Å². The molecule has 1 aliphatic rings. The maximum atomic E-state index is 12.0. The average Bonchev–Trinajstić information content (AvgIpc) is 2.66. The minimum atomic E-state index is -1.11. The van der Waals surface area contributed by atoms with Crippen LogP contribution in [-0.2, 0) is 10.2 Å². The van der Waals surface area contributed by atoms with Crippen LogP contribution in [0, 0.1) is 0 Å². The van der Waals surface area contributed by atoms with Crippen molar-refractivity contribution in [1.29, 1.82) is 0 Å². The molecule has 18 heavy (non-hydrogen) atoms.